The van der Waals surface area contributed by atoms with Gasteiger partial charge in [0.1, 0.15) is 11.7 Å². The van der Waals surface area contributed by atoms with Gasteiger partial charge < -0.3 is 10.2 Å². The highest BCUT2D eigenvalue weighted by atomic mass is 35.5. The smallest absolute Gasteiger partial charge is 0.273 e. The van der Waals surface area contributed by atoms with E-state index in [1.807, 2.05) is 42.5 Å². The van der Waals surface area contributed by atoms with Gasteiger partial charge in [-0.1, -0.05) is 79.4 Å². The molecular weight excluding hydrogens is 446 g/mol. The Bertz CT molecular complexity index is 1070. The Morgan fingerprint density at radius 1 is 0.941 bits per heavy atom. The Labute approximate surface area is 206 Å². The molecule has 2 amide bonds. The number of rotatable bonds is 8. The molecule has 4 rings (SSSR count). The first kappa shape index (κ1) is 24.0. The van der Waals surface area contributed by atoms with Crippen LogP contribution in [0, 0.1) is 0 Å². The minimum atomic E-state index is -0.780. The lowest BCUT2D eigenvalue weighted by molar-refractivity contribution is -0.126. The van der Waals surface area contributed by atoms with Gasteiger partial charge in [0.05, 0.1) is 0 Å². The highest BCUT2D eigenvalue weighted by Gasteiger charge is 2.33. The van der Waals surface area contributed by atoms with Crippen molar-refractivity contribution in [3.05, 3.63) is 101 Å². The lowest BCUT2D eigenvalue weighted by Crippen LogP contribution is -2.47. The highest BCUT2D eigenvalue weighted by molar-refractivity contribution is 6.30. The van der Waals surface area contributed by atoms with Crippen LogP contribution in [0.1, 0.15) is 59.8 Å². The molecule has 2 aromatic carbocycles. The Balaban J connectivity index is 1.68. The molecule has 1 heterocycles. The summed E-state index contributed by atoms with van der Waals surface area (Å²) in [6.45, 7) is 0.380. The van der Waals surface area contributed by atoms with Gasteiger partial charge in [0.2, 0.25) is 5.91 Å². The van der Waals surface area contributed by atoms with E-state index in [0.717, 1.165) is 36.8 Å². The van der Waals surface area contributed by atoms with Crippen molar-refractivity contribution in [1.82, 2.24) is 15.2 Å². The molecule has 1 atom stereocenters. The number of hydrogen-bond acceptors (Lipinski definition) is 3. The fourth-order valence-electron chi connectivity index (χ4n) is 4.52. The molecule has 1 N–H and O–H groups in total. The van der Waals surface area contributed by atoms with Crippen LogP contribution >= 0.6 is 11.6 Å². The van der Waals surface area contributed by atoms with E-state index in [2.05, 4.69) is 10.3 Å². The summed E-state index contributed by atoms with van der Waals surface area (Å²) in [5.41, 5.74) is 2.15. The van der Waals surface area contributed by atoms with E-state index in [4.69, 9.17) is 11.6 Å². The third-order valence-corrected chi connectivity index (χ3v) is 6.58. The molecule has 0 aliphatic heterocycles. The minimum Gasteiger partial charge on any atom is -0.351 e. The van der Waals surface area contributed by atoms with E-state index in [1.54, 1.807) is 41.4 Å². The van der Waals surface area contributed by atoms with Crippen molar-refractivity contribution in [2.75, 3.05) is 6.54 Å². The summed E-state index contributed by atoms with van der Waals surface area (Å²) in [6.07, 6.45) is 7.59. The van der Waals surface area contributed by atoms with E-state index in [0.29, 0.717) is 23.7 Å². The molecule has 1 saturated carbocycles. The number of carbonyl (C=O) groups is 2. The lowest BCUT2D eigenvalue weighted by atomic mass is 9.94. The van der Waals surface area contributed by atoms with Crippen molar-refractivity contribution in [3.63, 3.8) is 0 Å². The number of carbonyl (C=O) groups excluding carboxylic acids is 2. The molecule has 0 saturated heterocycles. The number of benzene rings is 2. The summed E-state index contributed by atoms with van der Waals surface area (Å²) in [7, 11) is 0. The van der Waals surface area contributed by atoms with Crippen LogP contribution in [0.3, 0.4) is 0 Å². The minimum absolute atomic E-state index is 0.136. The number of halogens is 1. The van der Waals surface area contributed by atoms with Gasteiger partial charge in [-0.2, -0.15) is 0 Å². The maximum absolute atomic E-state index is 13.7. The van der Waals surface area contributed by atoms with Gasteiger partial charge in [-0.15, -0.1) is 0 Å². The van der Waals surface area contributed by atoms with E-state index in [9.17, 15) is 9.59 Å². The zero-order chi connectivity index (χ0) is 23.8. The van der Waals surface area contributed by atoms with Gasteiger partial charge in [-0.25, -0.2) is 0 Å². The van der Waals surface area contributed by atoms with Crippen LogP contribution in [-0.4, -0.2) is 34.3 Å². The van der Waals surface area contributed by atoms with Crippen LogP contribution in [0.2, 0.25) is 5.02 Å². The quantitative estimate of drug-likeness (QED) is 0.460. The molecule has 0 radical (unpaired) electrons. The summed E-state index contributed by atoms with van der Waals surface area (Å²) in [5, 5.41) is 3.82. The number of nitrogens with one attached hydrogen (secondary N) is 1. The zero-order valence-corrected chi connectivity index (χ0v) is 20.0. The summed E-state index contributed by atoms with van der Waals surface area (Å²) in [4.78, 5) is 33.4. The van der Waals surface area contributed by atoms with Crippen molar-refractivity contribution in [1.29, 1.82) is 0 Å². The standard InChI is InChI=1S/C28H30ClN3O2/c29-23-16-14-22(15-17-23)26(27(33)31-24-11-5-2-6-12-24)32(20-18-21-9-3-1-4-10-21)28(34)25-13-7-8-19-30-25/h1,3-4,7-10,13-17,19,24,26H,2,5-6,11-12,18,20H2,(H,31,33)/t26-/m0/s1. The molecule has 0 unspecified atom stereocenters. The normalized spacial score (nSPS) is 14.9. The van der Waals surface area contributed by atoms with Gasteiger partial charge in [-0.05, 0) is 54.7 Å². The molecule has 6 heteroatoms. The maximum atomic E-state index is 13.7. The van der Waals surface area contributed by atoms with Crippen molar-refractivity contribution >= 4 is 23.4 Å². The van der Waals surface area contributed by atoms with Crippen molar-refractivity contribution in [2.45, 2.75) is 50.6 Å². The molecule has 176 valence electrons. The molecule has 1 fully saturated rings. The number of hydrogen-bond donors (Lipinski definition) is 1. The molecule has 1 aromatic heterocycles. The number of aromatic nitrogens is 1. The van der Waals surface area contributed by atoms with Gasteiger partial charge in [0.25, 0.3) is 5.91 Å². The second-order valence-corrected chi connectivity index (χ2v) is 9.18. The first-order chi connectivity index (χ1) is 16.6. The molecule has 1 aliphatic rings. The summed E-state index contributed by atoms with van der Waals surface area (Å²) in [6, 6.07) is 21.8. The molecule has 34 heavy (non-hydrogen) atoms. The second-order valence-electron chi connectivity index (χ2n) is 8.75. The first-order valence-corrected chi connectivity index (χ1v) is 12.3. The largest absolute Gasteiger partial charge is 0.351 e. The lowest BCUT2D eigenvalue weighted by Gasteiger charge is -2.33. The average Bonchev–Trinajstić information content (AvgIpc) is 2.88. The van der Waals surface area contributed by atoms with Gasteiger partial charge in [0.15, 0.2) is 0 Å². The third kappa shape index (κ3) is 6.23. The van der Waals surface area contributed by atoms with Gasteiger partial charge >= 0.3 is 0 Å². The van der Waals surface area contributed by atoms with Crippen molar-refractivity contribution < 1.29 is 9.59 Å². The van der Waals surface area contributed by atoms with E-state index in [-0.39, 0.29) is 17.9 Å². The first-order valence-electron chi connectivity index (χ1n) is 11.9. The Hall–Kier alpha value is -3.18. The molecule has 1 aliphatic carbocycles. The molecular formula is C28H30ClN3O2. The third-order valence-electron chi connectivity index (χ3n) is 6.33. The number of amides is 2. The summed E-state index contributed by atoms with van der Waals surface area (Å²) in [5.74, 6) is -0.429. The van der Waals surface area contributed by atoms with Crippen LogP contribution in [0.25, 0.3) is 0 Å². The van der Waals surface area contributed by atoms with Crippen LogP contribution in [0.4, 0.5) is 0 Å². The van der Waals surface area contributed by atoms with Crippen molar-refractivity contribution in [2.24, 2.45) is 0 Å². The highest BCUT2D eigenvalue weighted by Crippen LogP contribution is 2.27. The fraction of sp³-hybridized carbons (Fsp3) is 0.321. The van der Waals surface area contributed by atoms with Crippen LogP contribution in [0.5, 0.6) is 0 Å². The van der Waals surface area contributed by atoms with Gasteiger partial charge in [-0.3, -0.25) is 14.6 Å². The predicted octanol–water partition coefficient (Wildman–Crippen LogP) is 5.61. The van der Waals surface area contributed by atoms with Crippen LogP contribution in [0.15, 0.2) is 79.0 Å². The van der Waals surface area contributed by atoms with E-state index in [1.165, 1.54) is 6.42 Å². The molecule has 5 nitrogen and oxygen atoms in total. The zero-order valence-electron chi connectivity index (χ0n) is 19.2. The Morgan fingerprint density at radius 3 is 2.32 bits per heavy atom. The predicted molar refractivity (Wildman–Crippen MR) is 135 cm³/mol. The molecule has 0 bridgehead atoms. The summed E-state index contributed by atoms with van der Waals surface area (Å²) < 4.78 is 0. The van der Waals surface area contributed by atoms with Gasteiger partial charge in [0, 0.05) is 23.8 Å². The fourth-order valence-corrected chi connectivity index (χ4v) is 4.65. The molecule has 3 aromatic rings. The monoisotopic (exact) mass is 475 g/mol. The van der Waals surface area contributed by atoms with Crippen molar-refractivity contribution in [3.8, 4) is 0 Å². The van der Waals surface area contributed by atoms with Crippen LogP contribution < -0.4 is 5.32 Å². The topological polar surface area (TPSA) is 62.3 Å². The Kier molecular flexibility index (Phi) is 8.31. The van der Waals surface area contributed by atoms with Crippen LogP contribution in [-0.2, 0) is 11.2 Å². The number of pyridine rings is 1. The van der Waals surface area contributed by atoms with E-state index < -0.39 is 6.04 Å². The molecule has 0 spiro atoms. The van der Waals surface area contributed by atoms with E-state index >= 15 is 0 Å². The second kappa shape index (κ2) is 11.8. The number of nitrogens with zero attached hydrogens (tertiary/aromatic N) is 2. The Morgan fingerprint density at radius 2 is 1.65 bits per heavy atom. The summed E-state index contributed by atoms with van der Waals surface area (Å²) >= 11 is 6.14. The average molecular weight is 476 g/mol. The maximum Gasteiger partial charge on any atom is 0.273 e. The SMILES string of the molecule is O=C(NC1CCCCC1)[C@H](c1ccc(Cl)cc1)N(CCc1ccccc1)C(=O)c1ccccn1.